The van der Waals surface area contributed by atoms with Crippen LogP contribution >= 0.6 is 15.9 Å². The summed E-state index contributed by atoms with van der Waals surface area (Å²) in [5.41, 5.74) is 2.24. The summed E-state index contributed by atoms with van der Waals surface area (Å²) in [6.45, 7) is 1.51. The normalized spacial score (nSPS) is 10.5. The Labute approximate surface area is 120 Å². The van der Waals surface area contributed by atoms with E-state index in [1.54, 1.807) is 20.4 Å². The van der Waals surface area contributed by atoms with Crippen LogP contribution < -0.4 is 14.8 Å². The molecule has 0 aliphatic carbocycles. The van der Waals surface area contributed by atoms with Gasteiger partial charge in [-0.1, -0.05) is 0 Å². The highest BCUT2D eigenvalue weighted by atomic mass is 79.9. The van der Waals surface area contributed by atoms with Crippen LogP contribution in [0.4, 0.5) is 0 Å². The highest BCUT2D eigenvalue weighted by Gasteiger charge is 2.10. The number of benzene rings is 1. The lowest BCUT2D eigenvalue weighted by Crippen LogP contribution is -2.12. The third kappa shape index (κ3) is 3.48. The third-order valence-corrected chi connectivity index (χ3v) is 3.30. The number of rotatable bonds is 6. The van der Waals surface area contributed by atoms with Crippen molar-refractivity contribution in [3.63, 3.8) is 0 Å². The molecule has 0 radical (unpaired) electrons. The summed E-state index contributed by atoms with van der Waals surface area (Å²) in [4.78, 5) is 0. The van der Waals surface area contributed by atoms with E-state index in [4.69, 9.17) is 9.47 Å². The van der Waals surface area contributed by atoms with Crippen LogP contribution in [0.2, 0.25) is 0 Å². The fourth-order valence-corrected chi connectivity index (χ4v) is 2.45. The average Bonchev–Trinajstić information content (AvgIpc) is 2.91. The van der Waals surface area contributed by atoms with Crippen molar-refractivity contribution in [2.75, 3.05) is 14.2 Å². The van der Waals surface area contributed by atoms with E-state index in [-0.39, 0.29) is 0 Å². The summed E-state index contributed by atoms with van der Waals surface area (Å²) in [6, 6.07) is 3.98. The summed E-state index contributed by atoms with van der Waals surface area (Å²) < 4.78 is 11.5. The van der Waals surface area contributed by atoms with Gasteiger partial charge in [-0.2, -0.15) is 5.10 Å². The van der Waals surface area contributed by atoms with Gasteiger partial charge in [-0.05, 0) is 33.6 Å². The van der Waals surface area contributed by atoms with E-state index in [1.807, 2.05) is 18.3 Å². The average molecular weight is 326 g/mol. The molecule has 1 aromatic carbocycles. The van der Waals surface area contributed by atoms with E-state index in [1.165, 1.54) is 0 Å². The molecular formula is C13H16BrN3O2. The van der Waals surface area contributed by atoms with Crippen LogP contribution in [0.3, 0.4) is 0 Å². The van der Waals surface area contributed by atoms with Crippen molar-refractivity contribution in [3.8, 4) is 11.5 Å². The number of nitrogens with zero attached hydrogens (tertiary/aromatic N) is 1. The molecule has 5 nitrogen and oxygen atoms in total. The molecule has 2 N–H and O–H groups in total. The maximum atomic E-state index is 5.31. The van der Waals surface area contributed by atoms with Gasteiger partial charge < -0.3 is 14.8 Å². The summed E-state index contributed by atoms with van der Waals surface area (Å²) in [6.07, 6.45) is 3.68. The van der Waals surface area contributed by atoms with Crippen LogP contribution in [0.5, 0.6) is 11.5 Å². The highest BCUT2D eigenvalue weighted by Crippen LogP contribution is 2.36. The van der Waals surface area contributed by atoms with Gasteiger partial charge >= 0.3 is 0 Å². The number of hydrogen-bond donors (Lipinski definition) is 2. The van der Waals surface area contributed by atoms with Gasteiger partial charge in [-0.15, -0.1) is 0 Å². The molecule has 0 spiro atoms. The van der Waals surface area contributed by atoms with Gasteiger partial charge in [0.1, 0.15) is 0 Å². The van der Waals surface area contributed by atoms with E-state index in [9.17, 15) is 0 Å². The number of nitrogens with one attached hydrogen (secondary N) is 2. The minimum Gasteiger partial charge on any atom is -0.493 e. The van der Waals surface area contributed by atoms with Gasteiger partial charge in [0.15, 0.2) is 11.5 Å². The molecule has 1 aromatic heterocycles. The van der Waals surface area contributed by atoms with Gasteiger partial charge in [0, 0.05) is 24.8 Å². The first kappa shape index (κ1) is 13.9. The topological polar surface area (TPSA) is 59.2 Å². The Morgan fingerprint density at radius 3 is 2.63 bits per heavy atom. The van der Waals surface area contributed by atoms with Gasteiger partial charge in [0.2, 0.25) is 0 Å². The molecule has 0 aliphatic heterocycles. The Hall–Kier alpha value is -1.53. The van der Waals surface area contributed by atoms with Crippen molar-refractivity contribution in [2.24, 2.45) is 0 Å². The third-order valence-electron chi connectivity index (χ3n) is 2.71. The van der Waals surface area contributed by atoms with Crippen LogP contribution in [-0.4, -0.2) is 24.4 Å². The molecule has 19 heavy (non-hydrogen) atoms. The molecule has 6 heteroatoms. The molecule has 1 heterocycles. The Bertz CT molecular complexity index is 529. The zero-order valence-electron chi connectivity index (χ0n) is 10.9. The van der Waals surface area contributed by atoms with E-state index < -0.39 is 0 Å². The quantitative estimate of drug-likeness (QED) is 0.856. The fourth-order valence-electron chi connectivity index (χ4n) is 1.80. The highest BCUT2D eigenvalue weighted by molar-refractivity contribution is 9.10. The number of hydrogen-bond acceptors (Lipinski definition) is 4. The van der Waals surface area contributed by atoms with E-state index in [0.29, 0.717) is 5.75 Å². The molecule has 0 saturated heterocycles. The largest absolute Gasteiger partial charge is 0.493 e. The number of aromatic nitrogens is 2. The number of H-pyrrole nitrogens is 1. The Morgan fingerprint density at radius 1 is 1.21 bits per heavy atom. The molecule has 102 valence electrons. The predicted octanol–water partition coefficient (Wildman–Crippen LogP) is 2.48. The molecule has 0 saturated carbocycles. The first-order valence-corrected chi connectivity index (χ1v) is 6.62. The maximum Gasteiger partial charge on any atom is 0.174 e. The molecule has 0 aliphatic rings. The monoisotopic (exact) mass is 325 g/mol. The molecular weight excluding hydrogens is 310 g/mol. The van der Waals surface area contributed by atoms with Crippen molar-refractivity contribution in [2.45, 2.75) is 13.1 Å². The second-order valence-electron chi connectivity index (χ2n) is 4.02. The summed E-state index contributed by atoms with van der Waals surface area (Å²) in [7, 11) is 3.26. The van der Waals surface area contributed by atoms with Crippen molar-refractivity contribution in [1.29, 1.82) is 0 Å². The van der Waals surface area contributed by atoms with Crippen molar-refractivity contribution >= 4 is 15.9 Å². The first-order valence-electron chi connectivity index (χ1n) is 5.83. The molecule has 0 atom stereocenters. The van der Waals surface area contributed by atoms with Gasteiger partial charge in [0.05, 0.1) is 24.9 Å². The van der Waals surface area contributed by atoms with Crippen LogP contribution in [0.15, 0.2) is 29.0 Å². The van der Waals surface area contributed by atoms with Crippen molar-refractivity contribution in [3.05, 3.63) is 40.1 Å². The summed E-state index contributed by atoms with van der Waals surface area (Å²) in [5.74, 6) is 1.43. The smallest absolute Gasteiger partial charge is 0.174 e. The minimum atomic E-state index is 0.709. The summed E-state index contributed by atoms with van der Waals surface area (Å²) >= 11 is 3.48. The number of aromatic amines is 1. The molecule has 2 rings (SSSR count). The number of ether oxygens (including phenoxy) is 2. The Kier molecular flexibility index (Phi) is 4.81. The van der Waals surface area contributed by atoms with Crippen LogP contribution in [0, 0.1) is 0 Å². The number of methoxy groups -OCH3 is 2. The SMILES string of the molecule is COc1cc(CNCc2cn[nH]c2)cc(Br)c1OC. The lowest BCUT2D eigenvalue weighted by molar-refractivity contribution is 0.352. The second-order valence-corrected chi connectivity index (χ2v) is 4.88. The van der Waals surface area contributed by atoms with Gasteiger partial charge in [0.25, 0.3) is 0 Å². The number of halogens is 1. The zero-order chi connectivity index (χ0) is 13.7. The first-order chi connectivity index (χ1) is 9.24. The van der Waals surface area contributed by atoms with Crippen LogP contribution in [-0.2, 0) is 13.1 Å². The van der Waals surface area contributed by atoms with Crippen molar-refractivity contribution < 1.29 is 9.47 Å². The molecule has 0 amide bonds. The van der Waals surface area contributed by atoms with E-state index >= 15 is 0 Å². The lowest BCUT2D eigenvalue weighted by Gasteiger charge is -2.12. The Morgan fingerprint density at radius 2 is 2.00 bits per heavy atom. The standard InChI is InChI=1S/C13H16BrN3O2/c1-18-12-4-9(3-11(14)13(12)19-2)5-15-6-10-7-16-17-8-10/h3-4,7-8,15H,5-6H2,1-2H3,(H,16,17). The van der Waals surface area contributed by atoms with Gasteiger partial charge in [-0.25, -0.2) is 0 Å². The zero-order valence-corrected chi connectivity index (χ0v) is 12.5. The van der Waals surface area contributed by atoms with Crippen molar-refractivity contribution in [1.82, 2.24) is 15.5 Å². The van der Waals surface area contributed by atoms with E-state index in [0.717, 1.165) is 34.4 Å². The van der Waals surface area contributed by atoms with Crippen LogP contribution in [0.25, 0.3) is 0 Å². The molecule has 2 aromatic rings. The predicted molar refractivity (Wildman–Crippen MR) is 76.4 cm³/mol. The maximum absolute atomic E-state index is 5.31. The second kappa shape index (κ2) is 6.58. The Balaban J connectivity index is 2.02. The summed E-state index contributed by atoms with van der Waals surface area (Å²) in [5, 5.41) is 10.0. The van der Waals surface area contributed by atoms with E-state index in [2.05, 4.69) is 31.4 Å². The molecule has 0 bridgehead atoms. The molecule has 0 unspecified atom stereocenters. The lowest BCUT2D eigenvalue weighted by atomic mass is 10.2. The minimum absolute atomic E-state index is 0.709. The van der Waals surface area contributed by atoms with Gasteiger partial charge in [-0.3, -0.25) is 5.10 Å². The molecule has 0 fully saturated rings. The fraction of sp³-hybridized carbons (Fsp3) is 0.308. The van der Waals surface area contributed by atoms with Crippen LogP contribution in [0.1, 0.15) is 11.1 Å².